The van der Waals surface area contributed by atoms with Crippen LogP contribution in [0.5, 0.6) is 0 Å². The molecule has 0 saturated carbocycles. The van der Waals surface area contributed by atoms with Crippen LogP contribution in [0.15, 0.2) is 5.03 Å². The fourth-order valence-corrected chi connectivity index (χ4v) is 5.03. The van der Waals surface area contributed by atoms with Crippen LogP contribution in [0.1, 0.15) is 42.7 Å². The molecule has 2 heterocycles. The minimum Gasteiger partial charge on any atom is -0.462 e. The first-order chi connectivity index (χ1) is 13.2. The number of amides is 1. The first kappa shape index (κ1) is 22.3. The molecule has 1 amide bonds. The van der Waals surface area contributed by atoms with E-state index in [4.69, 9.17) is 9.47 Å². The quantitative estimate of drug-likeness (QED) is 0.464. The van der Waals surface area contributed by atoms with Crippen molar-refractivity contribution in [2.24, 2.45) is 5.92 Å². The fourth-order valence-electron chi connectivity index (χ4n) is 3.19. The number of nitrogens with zero attached hydrogens (tertiary/aromatic N) is 2. The zero-order chi connectivity index (χ0) is 20.9. The molecule has 2 rings (SSSR count). The Morgan fingerprint density at radius 3 is 2.71 bits per heavy atom. The first-order valence-corrected chi connectivity index (χ1v) is 10.7. The molecule has 1 fully saturated rings. The van der Waals surface area contributed by atoms with Crippen molar-refractivity contribution in [2.45, 2.75) is 44.7 Å². The van der Waals surface area contributed by atoms with Crippen molar-refractivity contribution in [3.05, 3.63) is 11.3 Å². The lowest BCUT2D eigenvalue weighted by molar-refractivity contribution is -0.126. The van der Waals surface area contributed by atoms with Gasteiger partial charge in [-0.2, -0.15) is 9.40 Å². The summed E-state index contributed by atoms with van der Waals surface area (Å²) >= 11 is 0. The molecule has 0 radical (unpaired) electrons. The Bertz CT molecular complexity index is 807. The molecule has 10 nitrogen and oxygen atoms in total. The summed E-state index contributed by atoms with van der Waals surface area (Å²) in [7, 11) is -2.55. The Kier molecular flexibility index (Phi) is 7.55. The molecular formula is C17H28N4O6S. The third kappa shape index (κ3) is 4.70. The summed E-state index contributed by atoms with van der Waals surface area (Å²) in [6.07, 6.45) is 1.11. The van der Waals surface area contributed by atoms with Gasteiger partial charge in [-0.1, -0.05) is 0 Å². The lowest BCUT2D eigenvalue weighted by atomic mass is 9.95. The summed E-state index contributed by atoms with van der Waals surface area (Å²) in [5.74, 6) is -1.44. The number of nitrogens with one attached hydrogen (secondary N) is 2. The summed E-state index contributed by atoms with van der Waals surface area (Å²) in [5, 5.41) is 8.80. The summed E-state index contributed by atoms with van der Waals surface area (Å²) in [5.41, 5.74) is 0.219. The Balaban J connectivity index is 2.27. The lowest BCUT2D eigenvalue weighted by Crippen LogP contribution is -2.49. The minimum atomic E-state index is -4.09. The summed E-state index contributed by atoms with van der Waals surface area (Å²) in [4.78, 5) is 24.6. The number of methoxy groups -OCH3 is 1. The third-order valence-electron chi connectivity index (χ3n) is 4.75. The van der Waals surface area contributed by atoms with E-state index >= 15 is 0 Å². The molecule has 0 aliphatic carbocycles. The molecule has 158 valence electrons. The van der Waals surface area contributed by atoms with Gasteiger partial charge in [0.25, 0.3) is 10.0 Å². The number of aryl methyl sites for hydroxylation is 1. The van der Waals surface area contributed by atoms with Crippen LogP contribution in [-0.4, -0.2) is 74.3 Å². The standard InChI is InChI=1S/C17H28N4O6S/c1-5-27-17(23)14-12(3)19-20-16(14)28(24,25)21-10-13(7-6-11(21)2)15(22)18-8-9-26-4/h11,13H,5-10H2,1-4H3,(H,18,22)(H,19,20)/t11-,13-/m0/s1. The monoisotopic (exact) mass is 416 g/mol. The van der Waals surface area contributed by atoms with Crippen molar-refractivity contribution in [2.75, 3.05) is 33.4 Å². The zero-order valence-corrected chi connectivity index (χ0v) is 17.5. The number of piperidine rings is 1. The van der Waals surface area contributed by atoms with E-state index in [0.29, 0.717) is 31.7 Å². The van der Waals surface area contributed by atoms with Gasteiger partial charge >= 0.3 is 5.97 Å². The number of H-pyrrole nitrogens is 1. The Morgan fingerprint density at radius 2 is 2.07 bits per heavy atom. The number of aromatic nitrogens is 2. The second-order valence-electron chi connectivity index (χ2n) is 6.73. The normalized spacial score (nSPS) is 20.7. The van der Waals surface area contributed by atoms with Crippen LogP contribution in [0.4, 0.5) is 0 Å². The van der Waals surface area contributed by atoms with E-state index in [-0.39, 0.29) is 35.7 Å². The van der Waals surface area contributed by atoms with Gasteiger partial charge in [0.05, 0.1) is 19.1 Å². The maximum absolute atomic E-state index is 13.3. The molecule has 2 atom stereocenters. The topological polar surface area (TPSA) is 131 Å². The molecule has 0 bridgehead atoms. The Morgan fingerprint density at radius 1 is 1.36 bits per heavy atom. The first-order valence-electron chi connectivity index (χ1n) is 9.24. The third-order valence-corrected chi connectivity index (χ3v) is 6.66. The summed E-state index contributed by atoms with van der Waals surface area (Å²) in [6.45, 7) is 5.86. The van der Waals surface area contributed by atoms with E-state index < -0.39 is 21.9 Å². The van der Waals surface area contributed by atoms with E-state index in [0.717, 1.165) is 0 Å². The minimum absolute atomic E-state index is 0.0243. The number of esters is 1. The second-order valence-corrected chi connectivity index (χ2v) is 8.54. The molecule has 1 aromatic rings. The van der Waals surface area contributed by atoms with Gasteiger partial charge in [-0.25, -0.2) is 13.2 Å². The van der Waals surface area contributed by atoms with Crippen molar-refractivity contribution in [3.63, 3.8) is 0 Å². The van der Waals surface area contributed by atoms with Crippen LogP contribution in [0.2, 0.25) is 0 Å². The lowest BCUT2D eigenvalue weighted by Gasteiger charge is -2.35. The van der Waals surface area contributed by atoms with E-state index in [1.54, 1.807) is 20.8 Å². The van der Waals surface area contributed by atoms with Gasteiger partial charge in [-0.05, 0) is 33.6 Å². The van der Waals surface area contributed by atoms with Crippen LogP contribution in [0, 0.1) is 12.8 Å². The molecule has 1 aliphatic rings. The highest BCUT2D eigenvalue weighted by molar-refractivity contribution is 7.89. The SMILES string of the molecule is CCOC(=O)c1c(S(=O)(=O)N2C[C@@H](C(=O)NCCOC)CC[C@@H]2C)n[nH]c1C. The molecule has 1 saturated heterocycles. The van der Waals surface area contributed by atoms with Gasteiger partial charge in [0, 0.05) is 31.9 Å². The second kappa shape index (κ2) is 9.48. The van der Waals surface area contributed by atoms with Crippen LogP contribution >= 0.6 is 0 Å². The molecule has 11 heteroatoms. The number of hydrogen-bond donors (Lipinski definition) is 2. The van der Waals surface area contributed by atoms with Crippen molar-refractivity contribution in [1.82, 2.24) is 19.8 Å². The van der Waals surface area contributed by atoms with Crippen molar-refractivity contribution >= 4 is 21.9 Å². The van der Waals surface area contributed by atoms with E-state index in [1.165, 1.54) is 11.4 Å². The Hall–Kier alpha value is -1.98. The highest BCUT2D eigenvalue weighted by Gasteiger charge is 2.41. The molecule has 0 spiro atoms. The number of hydrogen-bond acceptors (Lipinski definition) is 7. The van der Waals surface area contributed by atoms with Crippen LogP contribution in [0.3, 0.4) is 0 Å². The van der Waals surface area contributed by atoms with Crippen LogP contribution < -0.4 is 5.32 Å². The van der Waals surface area contributed by atoms with Gasteiger partial charge in [-0.3, -0.25) is 9.89 Å². The number of carbonyl (C=O) groups excluding carboxylic acids is 2. The van der Waals surface area contributed by atoms with Gasteiger partial charge < -0.3 is 14.8 Å². The predicted octanol–water partition coefficient (Wildman–Crippen LogP) is 0.447. The molecule has 2 N–H and O–H groups in total. The smallest absolute Gasteiger partial charge is 0.343 e. The van der Waals surface area contributed by atoms with Gasteiger partial charge in [0.1, 0.15) is 5.56 Å². The largest absolute Gasteiger partial charge is 0.462 e. The Labute approximate surface area is 165 Å². The highest BCUT2D eigenvalue weighted by atomic mass is 32.2. The van der Waals surface area contributed by atoms with E-state index in [1.807, 2.05) is 0 Å². The summed E-state index contributed by atoms with van der Waals surface area (Å²) in [6, 6.07) is -0.319. The maximum Gasteiger partial charge on any atom is 0.343 e. The molecular weight excluding hydrogens is 388 g/mol. The van der Waals surface area contributed by atoms with Crippen LogP contribution in [0.25, 0.3) is 0 Å². The summed E-state index contributed by atoms with van der Waals surface area (Å²) < 4.78 is 37.6. The van der Waals surface area contributed by atoms with Crippen molar-refractivity contribution in [3.8, 4) is 0 Å². The molecule has 1 aromatic heterocycles. The fraction of sp³-hybridized carbons (Fsp3) is 0.706. The van der Waals surface area contributed by atoms with Crippen molar-refractivity contribution in [1.29, 1.82) is 0 Å². The van der Waals surface area contributed by atoms with Gasteiger partial charge in [0.2, 0.25) is 10.9 Å². The molecule has 0 aromatic carbocycles. The maximum atomic E-state index is 13.3. The zero-order valence-electron chi connectivity index (χ0n) is 16.6. The average molecular weight is 417 g/mol. The van der Waals surface area contributed by atoms with Gasteiger partial charge in [0.15, 0.2) is 0 Å². The number of carbonyl (C=O) groups is 2. The van der Waals surface area contributed by atoms with E-state index in [2.05, 4.69) is 15.5 Å². The van der Waals surface area contributed by atoms with Crippen LogP contribution in [-0.2, 0) is 24.3 Å². The number of rotatable bonds is 8. The van der Waals surface area contributed by atoms with Crippen molar-refractivity contribution < 1.29 is 27.5 Å². The predicted molar refractivity (Wildman–Crippen MR) is 100 cm³/mol. The molecule has 1 aliphatic heterocycles. The average Bonchev–Trinajstić information content (AvgIpc) is 3.04. The van der Waals surface area contributed by atoms with E-state index in [9.17, 15) is 18.0 Å². The highest BCUT2D eigenvalue weighted by Crippen LogP contribution is 2.30. The number of sulfonamides is 1. The van der Waals surface area contributed by atoms with Gasteiger partial charge in [-0.15, -0.1) is 0 Å². The number of ether oxygens (including phenoxy) is 2. The number of aromatic amines is 1. The molecule has 0 unspecified atom stereocenters. The molecule has 28 heavy (non-hydrogen) atoms.